The number of likely N-dealkylation sites (tertiary alicyclic amines) is 1. The minimum atomic E-state index is -0.599. The zero-order valence-electron chi connectivity index (χ0n) is 22.9. The van der Waals surface area contributed by atoms with Gasteiger partial charge in [0.05, 0.1) is 23.7 Å². The highest BCUT2D eigenvalue weighted by Gasteiger charge is 2.43. The van der Waals surface area contributed by atoms with Gasteiger partial charge in [0.15, 0.2) is 0 Å². The molecule has 3 aliphatic rings. The van der Waals surface area contributed by atoms with E-state index < -0.39 is 5.54 Å². The predicted octanol–water partition coefficient (Wildman–Crippen LogP) is 2.60. The summed E-state index contributed by atoms with van der Waals surface area (Å²) < 4.78 is 19.8. The number of urea groups is 1. The Morgan fingerprint density at radius 3 is 2.67 bits per heavy atom. The fraction of sp³-hybridized carbons (Fsp3) is 0.571. The average molecular weight is 540 g/mol. The summed E-state index contributed by atoms with van der Waals surface area (Å²) in [6.45, 7) is 7.19. The number of carbonyl (C=O) groups is 2. The number of hydrogen-bond acceptors (Lipinski definition) is 7. The molecule has 0 bridgehead atoms. The Hall–Kier alpha value is -3.31. The van der Waals surface area contributed by atoms with Gasteiger partial charge in [0.25, 0.3) is 0 Å². The summed E-state index contributed by atoms with van der Waals surface area (Å²) in [6, 6.07) is 6.45. The number of amides is 3. The molecule has 3 N–H and O–H groups in total. The Kier molecular flexibility index (Phi) is 7.99. The lowest BCUT2D eigenvalue weighted by atomic mass is 9.92. The second kappa shape index (κ2) is 11.4. The van der Waals surface area contributed by atoms with Crippen LogP contribution in [0.25, 0.3) is 0 Å². The second-order valence-corrected chi connectivity index (χ2v) is 11.2. The van der Waals surface area contributed by atoms with E-state index in [4.69, 9.17) is 9.72 Å². The molecule has 5 rings (SSSR count). The quantitative estimate of drug-likeness (QED) is 0.518. The fourth-order valence-electron chi connectivity index (χ4n) is 5.90. The number of carbonyl (C=O) groups excluding carboxylic acids is 2. The van der Waals surface area contributed by atoms with Crippen molar-refractivity contribution in [1.29, 1.82) is 0 Å². The van der Waals surface area contributed by atoms with Crippen LogP contribution in [0, 0.1) is 11.7 Å². The third kappa shape index (κ3) is 5.99. The van der Waals surface area contributed by atoms with Crippen molar-refractivity contribution in [1.82, 2.24) is 30.4 Å². The molecule has 2 aromatic rings. The monoisotopic (exact) mass is 539 g/mol. The Labute approximate surface area is 228 Å². The maximum atomic E-state index is 14.3. The number of hydrogen-bond donors (Lipinski definition) is 3. The summed E-state index contributed by atoms with van der Waals surface area (Å²) in [7, 11) is 1.61. The molecule has 2 fully saturated rings. The van der Waals surface area contributed by atoms with E-state index in [2.05, 4.69) is 20.9 Å². The molecule has 10 nitrogen and oxygen atoms in total. The summed E-state index contributed by atoms with van der Waals surface area (Å²) in [4.78, 5) is 39.3. The summed E-state index contributed by atoms with van der Waals surface area (Å²) in [6.07, 6.45) is 4.15. The largest absolute Gasteiger partial charge is 0.381 e. The first-order valence-corrected chi connectivity index (χ1v) is 13.7. The van der Waals surface area contributed by atoms with Crippen LogP contribution < -0.4 is 16.0 Å². The van der Waals surface area contributed by atoms with Gasteiger partial charge in [-0.2, -0.15) is 0 Å². The van der Waals surface area contributed by atoms with E-state index in [9.17, 15) is 14.0 Å². The van der Waals surface area contributed by atoms with Crippen molar-refractivity contribution in [3.05, 3.63) is 53.1 Å². The minimum absolute atomic E-state index is 0.0822. The van der Waals surface area contributed by atoms with E-state index >= 15 is 0 Å². The van der Waals surface area contributed by atoms with E-state index in [1.54, 1.807) is 30.1 Å². The van der Waals surface area contributed by atoms with Gasteiger partial charge < -0.3 is 25.6 Å². The number of nitrogens with one attached hydrogen (secondary N) is 3. The average Bonchev–Trinajstić information content (AvgIpc) is 3.19. The van der Waals surface area contributed by atoms with E-state index in [-0.39, 0.29) is 35.8 Å². The Morgan fingerprint density at radius 1 is 1.15 bits per heavy atom. The normalized spacial score (nSPS) is 23.2. The zero-order valence-corrected chi connectivity index (χ0v) is 22.9. The SMILES string of the molecule is CNC(=O)C1CC(NC(=O)N2Cc3nc(NC4CCOCC4)ncc3C2(C)C)CN(Cc2ccccc2F)C1. The predicted molar refractivity (Wildman–Crippen MR) is 144 cm³/mol. The molecule has 1 aromatic carbocycles. The molecule has 4 heterocycles. The Bertz CT molecular complexity index is 1200. The molecule has 1 aromatic heterocycles. The van der Waals surface area contributed by atoms with Gasteiger partial charge in [-0.3, -0.25) is 9.69 Å². The first kappa shape index (κ1) is 27.3. The third-order valence-corrected chi connectivity index (χ3v) is 8.13. The van der Waals surface area contributed by atoms with Crippen molar-refractivity contribution in [3.8, 4) is 0 Å². The van der Waals surface area contributed by atoms with Gasteiger partial charge in [-0.1, -0.05) is 18.2 Å². The van der Waals surface area contributed by atoms with Crippen LogP contribution in [-0.2, 0) is 28.2 Å². The van der Waals surface area contributed by atoms with Gasteiger partial charge in [-0.15, -0.1) is 0 Å². The standard InChI is InChI=1S/C28H38FN7O3/c1-28(2)22-13-31-26(32-20-8-10-39-11-9-20)34-24(22)17-36(28)27(38)33-21-12-19(25(37)30-3)15-35(16-21)14-18-6-4-5-7-23(18)29/h4-7,13,19-21H,8-12,14-17H2,1-3H3,(H,30,37)(H,33,38)(H,31,32,34). The number of halogens is 1. The van der Waals surface area contributed by atoms with Crippen LogP contribution in [0.5, 0.6) is 0 Å². The van der Waals surface area contributed by atoms with Crippen LogP contribution in [-0.4, -0.2) is 77.1 Å². The Balaban J connectivity index is 1.27. The first-order valence-electron chi connectivity index (χ1n) is 13.7. The third-order valence-electron chi connectivity index (χ3n) is 8.13. The summed E-state index contributed by atoms with van der Waals surface area (Å²) >= 11 is 0. The molecule has 0 saturated carbocycles. The molecular weight excluding hydrogens is 501 g/mol. The molecule has 11 heteroatoms. The summed E-state index contributed by atoms with van der Waals surface area (Å²) in [5.74, 6) is -0.0952. The molecular formula is C28H38FN7O3. The highest BCUT2D eigenvalue weighted by Crippen LogP contribution is 2.38. The number of aromatic nitrogens is 2. The molecule has 2 saturated heterocycles. The van der Waals surface area contributed by atoms with Crippen LogP contribution in [0.2, 0.25) is 0 Å². The number of benzene rings is 1. The smallest absolute Gasteiger partial charge is 0.318 e. The number of fused-ring (bicyclic) bond motifs is 1. The first-order chi connectivity index (χ1) is 18.7. The van der Waals surface area contributed by atoms with E-state index in [1.165, 1.54) is 6.07 Å². The van der Waals surface area contributed by atoms with Gasteiger partial charge in [-0.05, 0) is 39.2 Å². The molecule has 39 heavy (non-hydrogen) atoms. The molecule has 0 radical (unpaired) electrons. The molecule has 0 spiro atoms. The van der Waals surface area contributed by atoms with Crippen LogP contribution in [0.1, 0.15) is 49.9 Å². The number of piperidine rings is 1. The maximum absolute atomic E-state index is 14.3. The van der Waals surface area contributed by atoms with Crippen LogP contribution in [0.15, 0.2) is 30.5 Å². The fourth-order valence-corrected chi connectivity index (χ4v) is 5.90. The van der Waals surface area contributed by atoms with Crippen molar-refractivity contribution in [2.45, 2.75) is 63.8 Å². The van der Waals surface area contributed by atoms with Crippen molar-refractivity contribution in [3.63, 3.8) is 0 Å². The van der Waals surface area contributed by atoms with Crippen LogP contribution in [0.3, 0.4) is 0 Å². The number of nitrogens with zero attached hydrogens (tertiary/aromatic N) is 4. The highest BCUT2D eigenvalue weighted by atomic mass is 19.1. The number of rotatable bonds is 6. The lowest BCUT2D eigenvalue weighted by Gasteiger charge is -2.39. The van der Waals surface area contributed by atoms with Crippen molar-refractivity contribution >= 4 is 17.9 Å². The van der Waals surface area contributed by atoms with Crippen LogP contribution >= 0.6 is 0 Å². The lowest BCUT2D eigenvalue weighted by molar-refractivity contribution is -0.126. The number of anilines is 1. The van der Waals surface area contributed by atoms with Gasteiger partial charge in [-0.25, -0.2) is 19.2 Å². The van der Waals surface area contributed by atoms with Gasteiger partial charge in [0, 0.05) is 69.3 Å². The van der Waals surface area contributed by atoms with Gasteiger partial charge in [0.2, 0.25) is 11.9 Å². The minimum Gasteiger partial charge on any atom is -0.381 e. The van der Waals surface area contributed by atoms with Crippen molar-refractivity contribution in [2.75, 3.05) is 38.7 Å². The molecule has 3 amide bonds. The molecule has 3 aliphatic heterocycles. The lowest BCUT2D eigenvalue weighted by Crippen LogP contribution is -2.56. The topological polar surface area (TPSA) is 112 Å². The molecule has 0 aliphatic carbocycles. The number of ether oxygens (including phenoxy) is 1. The second-order valence-electron chi connectivity index (χ2n) is 11.2. The summed E-state index contributed by atoms with van der Waals surface area (Å²) in [5, 5.41) is 9.30. The van der Waals surface area contributed by atoms with Crippen molar-refractivity contribution < 1.29 is 18.7 Å². The van der Waals surface area contributed by atoms with E-state index in [0.717, 1.165) is 37.3 Å². The maximum Gasteiger partial charge on any atom is 0.318 e. The Morgan fingerprint density at radius 2 is 1.92 bits per heavy atom. The van der Waals surface area contributed by atoms with Crippen LogP contribution in [0.4, 0.5) is 15.1 Å². The van der Waals surface area contributed by atoms with E-state index in [1.807, 2.05) is 24.9 Å². The molecule has 2 unspecified atom stereocenters. The zero-order chi connectivity index (χ0) is 27.6. The molecule has 2 atom stereocenters. The van der Waals surface area contributed by atoms with E-state index in [0.29, 0.717) is 44.1 Å². The van der Waals surface area contributed by atoms with Gasteiger partial charge in [0.1, 0.15) is 5.82 Å². The van der Waals surface area contributed by atoms with Gasteiger partial charge >= 0.3 is 6.03 Å². The summed E-state index contributed by atoms with van der Waals surface area (Å²) in [5.41, 5.74) is 1.72. The van der Waals surface area contributed by atoms with Crippen molar-refractivity contribution in [2.24, 2.45) is 5.92 Å². The molecule has 210 valence electrons. The highest BCUT2D eigenvalue weighted by molar-refractivity contribution is 5.79.